The summed E-state index contributed by atoms with van der Waals surface area (Å²) in [5.74, 6) is 1.61. The molecule has 0 aliphatic carbocycles. The smallest absolute Gasteiger partial charge is 0.163 e. The van der Waals surface area contributed by atoms with Crippen LogP contribution in [0.3, 0.4) is 0 Å². The maximum atomic E-state index is 12.7. The Balaban J connectivity index is 1.56. The molecule has 0 spiro atoms. The Labute approximate surface area is 131 Å². The molecule has 4 heterocycles. The van der Waals surface area contributed by atoms with Gasteiger partial charge in [-0.15, -0.1) is 0 Å². The second kappa shape index (κ2) is 5.47. The minimum Gasteiger partial charge on any atom is -0.303 e. The normalized spacial score (nSPS) is 27.2. The average Bonchev–Trinajstić information content (AvgIpc) is 2.56. The fraction of sp³-hybridized carbons (Fsp3) is 0.474. The summed E-state index contributed by atoms with van der Waals surface area (Å²) in [5.41, 5.74) is 3.00. The third-order valence-electron chi connectivity index (χ3n) is 5.52. The summed E-state index contributed by atoms with van der Waals surface area (Å²) in [7, 11) is 0. The highest BCUT2D eigenvalue weighted by atomic mass is 16.1. The van der Waals surface area contributed by atoms with Crippen LogP contribution in [0.25, 0.3) is 10.9 Å². The molecule has 0 radical (unpaired) electrons. The SMILES string of the molecule is Cc1ccnc2ccc(C(=O)CC3CN4CCC3CC4)cc12. The zero-order valence-corrected chi connectivity index (χ0v) is 13.1. The molecule has 3 aliphatic rings. The lowest BCUT2D eigenvalue weighted by Crippen LogP contribution is -2.47. The molecule has 2 bridgehead atoms. The largest absolute Gasteiger partial charge is 0.303 e. The monoisotopic (exact) mass is 294 g/mol. The first-order valence-electron chi connectivity index (χ1n) is 8.31. The molecule has 2 aromatic rings. The van der Waals surface area contributed by atoms with Gasteiger partial charge in [0.15, 0.2) is 5.78 Å². The van der Waals surface area contributed by atoms with Crippen molar-refractivity contribution in [3.05, 3.63) is 41.6 Å². The predicted octanol–water partition coefficient (Wildman–Crippen LogP) is 3.46. The van der Waals surface area contributed by atoms with Crippen LogP contribution >= 0.6 is 0 Å². The van der Waals surface area contributed by atoms with Crippen LogP contribution in [0.5, 0.6) is 0 Å². The highest BCUT2D eigenvalue weighted by Crippen LogP contribution is 2.35. The lowest BCUT2D eigenvalue weighted by molar-refractivity contribution is 0.0441. The van der Waals surface area contributed by atoms with Crippen LogP contribution in [0.4, 0.5) is 0 Å². The lowest BCUT2D eigenvalue weighted by atomic mass is 9.76. The van der Waals surface area contributed by atoms with E-state index in [4.69, 9.17) is 0 Å². The van der Waals surface area contributed by atoms with E-state index in [9.17, 15) is 4.79 Å². The minimum atomic E-state index is 0.295. The van der Waals surface area contributed by atoms with Crippen LogP contribution in [0, 0.1) is 18.8 Å². The molecule has 5 rings (SSSR count). The van der Waals surface area contributed by atoms with E-state index in [-0.39, 0.29) is 0 Å². The maximum absolute atomic E-state index is 12.7. The fourth-order valence-corrected chi connectivity index (χ4v) is 4.13. The fourth-order valence-electron chi connectivity index (χ4n) is 4.13. The topological polar surface area (TPSA) is 33.2 Å². The first-order chi connectivity index (χ1) is 10.7. The van der Waals surface area contributed by atoms with Crippen LogP contribution in [0.2, 0.25) is 0 Å². The third kappa shape index (κ3) is 2.44. The molecule has 3 heteroatoms. The predicted molar refractivity (Wildman–Crippen MR) is 88.1 cm³/mol. The molecule has 3 fully saturated rings. The molecular formula is C19H22N2O. The Hall–Kier alpha value is -1.74. The number of piperidine rings is 3. The molecule has 114 valence electrons. The number of benzene rings is 1. The van der Waals surface area contributed by atoms with Crippen molar-refractivity contribution in [1.82, 2.24) is 9.88 Å². The van der Waals surface area contributed by atoms with E-state index in [1.807, 2.05) is 30.5 Å². The van der Waals surface area contributed by atoms with Crippen LogP contribution in [-0.4, -0.2) is 35.3 Å². The molecule has 3 nitrogen and oxygen atoms in total. The van der Waals surface area contributed by atoms with Crippen molar-refractivity contribution in [1.29, 1.82) is 0 Å². The Morgan fingerprint density at radius 3 is 2.82 bits per heavy atom. The van der Waals surface area contributed by atoms with Gasteiger partial charge < -0.3 is 4.90 Å². The number of aromatic nitrogens is 1. The van der Waals surface area contributed by atoms with Crippen molar-refractivity contribution in [2.24, 2.45) is 11.8 Å². The summed E-state index contributed by atoms with van der Waals surface area (Å²) in [6.45, 7) is 5.66. The number of carbonyl (C=O) groups is 1. The second-order valence-electron chi connectivity index (χ2n) is 6.89. The van der Waals surface area contributed by atoms with E-state index in [1.54, 1.807) is 0 Å². The van der Waals surface area contributed by atoms with Gasteiger partial charge in [-0.25, -0.2) is 0 Å². The number of hydrogen-bond acceptors (Lipinski definition) is 3. The number of hydrogen-bond donors (Lipinski definition) is 0. The number of ketones is 1. The van der Waals surface area contributed by atoms with E-state index in [0.717, 1.165) is 28.9 Å². The van der Waals surface area contributed by atoms with E-state index in [0.29, 0.717) is 18.1 Å². The molecule has 1 aromatic carbocycles. The lowest BCUT2D eigenvalue weighted by Gasteiger charge is -2.44. The molecule has 3 saturated heterocycles. The van der Waals surface area contributed by atoms with E-state index >= 15 is 0 Å². The molecule has 22 heavy (non-hydrogen) atoms. The van der Waals surface area contributed by atoms with Crippen LogP contribution in [0.15, 0.2) is 30.5 Å². The quantitative estimate of drug-likeness (QED) is 0.813. The zero-order chi connectivity index (χ0) is 15.1. The number of pyridine rings is 1. The summed E-state index contributed by atoms with van der Waals surface area (Å²) in [5, 5.41) is 1.10. The Morgan fingerprint density at radius 1 is 1.27 bits per heavy atom. The van der Waals surface area contributed by atoms with Crippen molar-refractivity contribution < 1.29 is 4.79 Å². The van der Waals surface area contributed by atoms with Crippen LogP contribution in [0.1, 0.15) is 35.2 Å². The minimum absolute atomic E-state index is 0.295. The van der Waals surface area contributed by atoms with Crippen molar-refractivity contribution in [3.63, 3.8) is 0 Å². The molecule has 0 N–H and O–H groups in total. The van der Waals surface area contributed by atoms with Gasteiger partial charge in [-0.2, -0.15) is 0 Å². The van der Waals surface area contributed by atoms with Gasteiger partial charge in [0, 0.05) is 30.1 Å². The number of fused-ring (bicyclic) bond motifs is 4. The molecule has 3 aliphatic heterocycles. The summed E-state index contributed by atoms with van der Waals surface area (Å²) < 4.78 is 0. The van der Waals surface area contributed by atoms with E-state index in [1.165, 1.54) is 31.5 Å². The summed E-state index contributed by atoms with van der Waals surface area (Å²) in [4.78, 5) is 19.6. The Morgan fingerprint density at radius 2 is 2.09 bits per heavy atom. The average molecular weight is 294 g/mol. The molecular weight excluding hydrogens is 272 g/mol. The Kier molecular flexibility index (Phi) is 3.45. The molecule has 1 atom stereocenters. The molecule has 1 aromatic heterocycles. The molecule has 0 saturated carbocycles. The standard InChI is InChI=1S/C19H22N2O/c1-13-4-7-20-18-3-2-15(10-17(13)18)19(22)11-16-12-21-8-5-14(16)6-9-21/h2-4,7,10,14,16H,5-6,8-9,11-12H2,1H3. The third-order valence-corrected chi connectivity index (χ3v) is 5.52. The summed E-state index contributed by atoms with van der Waals surface area (Å²) in [6, 6.07) is 7.95. The van der Waals surface area contributed by atoms with Crippen LogP contribution < -0.4 is 0 Å². The number of rotatable bonds is 3. The van der Waals surface area contributed by atoms with Gasteiger partial charge in [0.05, 0.1) is 5.52 Å². The van der Waals surface area contributed by atoms with Crippen molar-refractivity contribution in [2.75, 3.05) is 19.6 Å². The number of aryl methyl sites for hydroxylation is 1. The number of Topliss-reactive ketones (excluding diaryl/α,β-unsaturated/α-hetero) is 1. The second-order valence-corrected chi connectivity index (χ2v) is 6.89. The first-order valence-corrected chi connectivity index (χ1v) is 8.31. The molecule has 1 unspecified atom stereocenters. The molecule has 0 amide bonds. The van der Waals surface area contributed by atoms with Gasteiger partial charge in [-0.3, -0.25) is 9.78 Å². The van der Waals surface area contributed by atoms with Crippen molar-refractivity contribution >= 4 is 16.7 Å². The van der Waals surface area contributed by atoms with Gasteiger partial charge in [0.2, 0.25) is 0 Å². The summed E-state index contributed by atoms with van der Waals surface area (Å²) in [6.07, 6.45) is 5.08. The number of nitrogens with zero attached hydrogens (tertiary/aromatic N) is 2. The van der Waals surface area contributed by atoms with Gasteiger partial charge in [0.25, 0.3) is 0 Å². The number of carbonyl (C=O) groups excluding carboxylic acids is 1. The van der Waals surface area contributed by atoms with Gasteiger partial charge in [-0.1, -0.05) is 0 Å². The van der Waals surface area contributed by atoms with Gasteiger partial charge in [-0.05, 0) is 74.5 Å². The highest BCUT2D eigenvalue weighted by molar-refractivity contribution is 6.00. The maximum Gasteiger partial charge on any atom is 0.163 e. The van der Waals surface area contributed by atoms with E-state index in [2.05, 4.69) is 16.8 Å². The Bertz CT molecular complexity index is 716. The van der Waals surface area contributed by atoms with Gasteiger partial charge >= 0.3 is 0 Å². The summed E-state index contributed by atoms with van der Waals surface area (Å²) >= 11 is 0. The van der Waals surface area contributed by atoms with Gasteiger partial charge in [0.1, 0.15) is 0 Å². The van der Waals surface area contributed by atoms with Crippen LogP contribution in [-0.2, 0) is 0 Å². The zero-order valence-electron chi connectivity index (χ0n) is 13.1. The van der Waals surface area contributed by atoms with E-state index < -0.39 is 0 Å². The first kappa shape index (κ1) is 13.9. The van der Waals surface area contributed by atoms with Crippen molar-refractivity contribution in [2.45, 2.75) is 26.2 Å². The highest BCUT2D eigenvalue weighted by Gasteiger charge is 2.35. The van der Waals surface area contributed by atoms with Crippen molar-refractivity contribution in [3.8, 4) is 0 Å².